The van der Waals surface area contributed by atoms with Gasteiger partial charge in [-0.3, -0.25) is 4.79 Å². The molecule has 0 radical (unpaired) electrons. The number of benzene rings is 4. The lowest BCUT2D eigenvalue weighted by molar-refractivity contribution is -0.119. The highest BCUT2D eigenvalue weighted by molar-refractivity contribution is 5.78. The molecule has 0 fully saturated rings. The molecule has 54 heavy (non-hydrogen) atoms. The number of hydrogen-bond donors (Lipinski definition) is 1. The van der Waals surface area contributed by atoms with Gasteiger partial charge in [-0.05, 0) is 117 Å². The van der Waals surface area contributed by atoms with Crippen molar-refractivity contribution >= 4 is 17.9 Å². The van der Waals surface area contributed by atoms with E-state index in [1.807, 2.05) is 54.6 Å². The second-order valence-electron chi connectivity index (χ2n) is 12.3. The minimum absolute atomic E-state index is 0.0266. The van der Waals surface area contributed by atoms with E-state index in [1.165, 1.54) is 18.2 Å². The third-order valence-electron chi connectivity index (χ3n) is 8.13. The molecule has 0 aromatic heterocycles. The highest BCUT2D eigenvalue weighted by atomic mass is 19.2. The van der Waals surface area contributed by atoms with Gasteiger partial charge in [0, 0.05) is 12.8 Å². The lowest BCUT2D eigenvalue weighted by Gasteiger charge is -2.09. The van der Waals surface area contributed by atoms with E-state index in [4.69, 9.17) is 23.7 Å². The molecule has 0 saturated carbocycles. The molecular formula is C43H46F4O7. The second-order valence-corrected chi connectivity index (χ2v) is 12.3. The van der Waals surface area contributed by atoms with Crippen LogP contribution in [-0.4, -0.2) is 43.9 Å². The predicted octanol–water partition coefficient (Wildman–Crippen LogP) is 10.7. The van der Waals surface area contributed by atoms with Crippen molar-refractivity contribution in [3.8, 4) is 34.5 Å². The Kier molecular flexibility index (Phi) is 17.3. The number of ketones is 1. The second kappa shape index (κ2) is 22.6. The predicted molar refractivity (Wildman–Crippen MR) is 200 cm³/mol. The van der Waals surface area contributed by atoms with Gasteiger partial charge in [-0.15, -0.1) is 0 Å². The largest absolute Gasteiger partial charge is 0.505 e. The van der Waals surface area contributed by atoms with Gasteiger partial charge in [-0.25, -0.2) is 0 Å². The van der Waals surface area contributed by atoms with Gasteiger partial charge in [0.1, 0.15) is 30.5 Å². The summed E-state index contributed by atoms with van der Waals surface area (Å²) in [5, 5.41) is 9.18. The van der Waals surface area contributed by atoms with Crippen molar-refractivity contribution in [2.45, 2.75) is 58.3 Å². The number of unbranched alkanes of at least 4 members (excludes halogenated alkanes) is 4. The summed E-state index contributed by atoms with van der Waals surface area (Å²) < 4.78 is 82.5. The van der Waals surface area contributed by atoms with Crippen LogP contribution in [0.5, 0.6) is 34.5 Å². The highest BCUT2D eigenvalue weighted by Crippen LogP contribution is 2.28. The lowest BCUT2D eigenvalue weighted by Crippen LogP contribution is -2.01. The van der Waals surface area contributed by atoms with Gasteiger partial charge in [0.15, 0.2) is 23.0 Å². The summed E-state index contributed by atoms with van der Waals surface area (Å²) >= 11 is 0. The topological polar surface area (TPSA) is 83.5 Å². The van der Waals surface area contributed by atoms with E-state index in [2.05, 4.69) is 0 Å². The molecule has 0 saturated heterocycles. The van der Waals surface area contributed by atoms with Crippen LogP contribution in [0.15, 0.2) is 84.9 Å². The molecular weight excluding hydrogens is 704 g/mol. The quantitative estimate of drug-likeness (QED) is 0.0564. The number of phenolic OH excluding ortho intramolecular Hbond substituents is 1. The number of hydrogen-bond acceptors (Lipinski definition) is 7. The Morgan fingerprint density at radius 3 is 1.43 bits per heavy atom. The van der Waals surface area contributed by atoms with Crippen molar-refractivity contribution in [3.05, 3.63) is 119 Å². The zero-order valence-electron chi connectivity index (χ0n) is 30.3. The van der Waals surface area contributed by atoms with E-state index in [9.17, 15) is 27.5 Å². The van der Waals surface area contributed by atoms with Crippen molar-refractivity contribution in [1.82, 2.24) is 0 Å². The zero-order chi connectivity index (χ0) is 38.5. The molecule has 0 aliphatic heterocycles. The first-order valence-electron chi connectivity index (χ1n) is 18.1. The smallest absolute Gasteiger partial charge is 0.204 e. The molecule has 11 heteroatoms. The monoisotopic (exact) mass is 750 g/mol. The van der Waals surface area contributed by atoms with Gasteiger partial charge in [-0.1, -0.05) is 36.4 Å². The van der Waals surface area contributed by atoms with Gasteiger partial charge < -0.3 is 28.8 Å². The van der Waals surface area contributed by atoms with Crippen molar-refractivity contribution < 1.29 is 51.1 Å². The maximum absolute atomic E-state index is 14.1. The molecule has 0 amide bonds. The van der Waals surface area contributed by atoms with Crippen molar-refractivity contribution in [1.29, 1.82) is 0 Å². The van der Waals surface area contributed by atoms with Crippen LogP contribution in [0.2, 0.25) is 0 Å². The molecule has 7 nitrogen and oxygen atoms in total. The van der Waals surface area contributed by atoms with Gasteiger partial charge in [0.2, 0.25) is 23.3 Å². The van der Waals surface area contributed by atoms with Crippen molar-refractivity contribution in [2.24, 2.45) is 0 Å². The Labute approximate surface area is 313 Å². The average molecular weight is 751 g/mol. The molecule has 0 atom stereocenters. The fraction of sp³-hybridized carbons (Fsp3) is 0.326. The molecule has 0 bridgehead atoms. The Morgan fingerprint density at radius 2 is 0.963 bits per heavy atom. The molecule has 0 aliphatic rings. The summed E-state index contributed by atoms with van der Waals surface area (Å²) in [7, 11) is 0. The molecule has 4 rings (SSSR count). The molecule has 0 spiro atoms. The SMILES string of the molecule is CCOc1ccc(OC/C=C/c2ccc(OCCCCCC(=O)CCCCCOc3ccc(/C=C/COc4ccc(O)c(F)c4F)cc3)cc2)c(F)c1F. The number of carbonyl (C=O) groups excluding carboxylic acids is 1. The van der Waals surface area contributed by atoms with Crippen LogP contribution in [0.4, 0.5) is 17.6 Å². The van der Waals surface area contributed by atoms with Crippen molar-refractivity contribution in [3.63, 3.8) is 0 Å². The number of halogens is 4. The van der Waals surface area contributed by atoms with Crippen LogP contribution in [0.3, 0.4) is 0 Å². The number of ether oxygens (including phenoxy) is 5. The summed E-state index contributed by atoms with van der Waals surface area (Å²) in [6.07, 6.45) is 13.3. The normalized spacial score (nSPS) is 11.3. The molecule has 1 N–H and O–H groups in total. The number of Topliss-reactive ketones (excluding diaryl/α,β-unsaturated/α-hetero) is 1. The van der Waals surface area contributed by atoms with E-state index in [0.29, 0.717) is 26.1 Å². The molecule has 0 heterocycles. The zero-order valence-corrected chi connectivity index (χ0v) is 30.3. The Bertz CT molecular complexity index is 1810. The average Bonchev–Trinajstić information content (AvgIpc) is 3.18. The van der Waals surface area contributed by atoms with E-state index >= 15 is 0 Å². The Balaban J connectivity index is 0.977. The van der Waals surface area contributed by atoms with Gasteiger partial charge in [-0.2, -0.15) is 17.6 Å². The first kappa shape index (κ1) is 41.3. The van der Waals surface area contributed by atoms with Crippen LogP contribution in [0.25, 0.3) is 12.2 Å². The van der Waals surface area contributed by atoms with Crippen LogP contribution >= 0.6 is 0 Å². The van der Waals surface area contributed by atoms with Gasteiger partial charge in [0.25, 0.3) is 0 Å². The minimum Gasteiger partial charge on any atom is -0.505 e. The third-order valence-corrected chi connectivity index (χ3v) is 8.13. The van der Waals surface area contributed by atoms with E-state index < -0.39 is 29.0 Å². The standard InChI is InChI=1S/C43H46F4O7/c1-2-50-37-25-26-39(43(47)42(37)46)54-30-10-12-32-17-21-35(22-18-32)52-28-8-4-6-14-33(48)13-5-3-7-27-51-34-19-15-31(16-20-34)11-9-29-53-38-24-23-36(49)40(44)41(38)45/h9-12,15-26,49H,2-8,13-14,27-30H2,1H3/b11-9+,12-10+. The summed E-state index contributed by atoms with van der Waals surface area (Å²) in [5.41, 5.74) is 1.79. The van der Waals surface area contributed by atoms with Crippen LogP contribution < -0.4 is 23.7 Å². The number of carbonyl (C=O) groups is 1. The molecule has 0 unspecified atom stereocenters. The summed E-state index contributed by atoms with van der Waals surface area (Å²) in [6, 6.07) is 19.8. The van der Waals surface area contributed by atoms with Gasteiger partial charge >= 0.3 is 0 Å². The highest BCUT2D eigenvalue weighted by Gasteiger charge is 2.15. The van der Waals surface area contributed by atoms with Crippen LogP contribution in [0, 0.1) is 23.3 Å². The van der Waals surface area contributed by atoms with E-state index in [-0.39, 0.29) is 42.9 Å². The van der Waals surface area contributed by atoms with E-state index in [1.54, 1.807) is 25.2 Å². The fourth-order valence-corrected chi connectivity index (χ4v) is 5.23. The molecule has 288 valence electrons. The first-order valence-corrected chi connectivity index (χ1v) is 18.1. The number of rotatable bonds is 24. The summed E-state index contributed by atoms with van der Waals surface area (Å²) in [5.74, 6) is -4.33. The molecule has 4 aromatic rings. The summed E-state index contributed by atoms with van der Waals surface area (Å²) in [4.78, 5) is 12.3. The first-order chi connectivity index (χ1) is 26.2. The maximum atomic E-state index is 14.1. The fourth-order valence-electron chi connectivity index (χ4n) is 5.23. The molecule has 0 aliphatic carbocycles. The Hall–Kier alpha value is -5.45. The minimum atomic E-state index is -1.34. The summed E-state index contributed by atoms with van der Waals surface area (Å²) in [6.45, 7) is 3.13. The number of aromatic hydroxyl groups is 1. The third kappa shape index (κ3) is 13.8. The van der Waals surface area contributed by atoms with Crippen molar-refractivity contribution in [2.75, 3.05) is 33.0 Å². The maximum Gasteiger partial charge on any atom is 0.204 e. The van der Waals surface area contributed by atoms with Crippen LogP contribution in [-0.2, 0) is 4.79 Å². The lowest BCUT2D eigenvalue weighted by atomic mass is 10.1. The molecule has 4 aromatic carbocycles. The van der Waals surface area contributed by atoms with Crippen LogP contribution in [0.1, 0.15) is 69.4 Å². The van der Waals surface area contributed by atoms with Gasteiger partial charge in [0.05, 0.1) is 19.8 Å². The Morgan fingerprint density at radius 1 is 0.537 bits per heavy atom. The number of phenols is 1. The van der Waals surface area contributed by atoms with E-state index in [0.717, 1.165) is 67.2 Å².